The average molecular weight is 520 g/mol. The molecule has 1 atom stereocenters. The Kier molecular flexibility index (Phi) is 13.8. The molecule has 4 N–H and O–H groups in total. The summed E-state index contributed by atoms with van der Waals surface area (Å²) in [6.07, 6.45) is 6.71. The summed E-state index contributed by atoms with van der Waals surface area (Å²) < 4.78 is 0. The molecule has 2 rings (SSSR count). The molecule has 6 amide bonds. The fourth-order valence-corrected chi connectivity index (χ4v) is 3.19. The van der Waals surface area contributed by atoms with Gasteiger partial charge in [0.2, 0.25) is 23.6 Å². The molecule has 1 aliphatic carbocycles. The number of allylic oxidation sites excluding steroid dienone is 2. The molecule has 202 valence electrons. The summed E-state index contributed by atoms with van der Waals surface area (Å²) in [7, 11) is 0. The van der Waals surface area contributed by atoms with Crippen LogP contribution in [-0.4, -0.2) is 84.1 Å². The molecule has 0 spiro atoms. The van der Waals surface area contributed by atoms with Crippen LogP contribution in [0.15, 0.2) is 24.3 Å². The van der Waals surface area contributed by atoms with Crippen LogP contribution in [0.3, 0.4) is 0 Å². The smallest absolute Gasteiger partial charge is 0.253 e. The number of carbonyl (C=O) groups excluding carboxylic acids is 8. The Balaban J connectivity index is 0.000000836. The molecule has 0 aromatic heterocycles. The first-order valence-corrected chi connectivity index (χ1v) is 11.8. The zero-order chi connectivity index (χ0) is 27.8. The largest absolute Gasteiger partial charge is 0.356 e. The lowest BCUT2D eigenvalue weighted by Gasteiger charge is -2.18. The minimum absolute atomic E-state index is 0.00799. The molecule has 0 aromatic carbocycles. The number of carbonyl (C=O) groups is 8. The molecule has 1 aliphatic heterocycles. The highest BCUT2D eigenvalue weighted by atomic mass is 16.2. The van der Waals surface area contributed by atoms with Gasteiger partial charge in [0.25, 0.3) is 11.8 Å². The highest BCUT2D eigenvalue weighted by molar-refractivity contribution is 6.16. The van der Waals surface area contributed by atoms with Crippen molar-refractivity contribution in [1.29, 1.82) is 0 Å². The molecule has 0 saturated heterocycles. The van der Waals surface area contributed by atoms with Crippen molar-refractivity contribution in [3.05, 3.63) is 24.3 Å². The second-order valence-corrected chi connectivity index (χ2v) is 8.23. The molecule has 0 radical (unpaired) electrons. The van der Waals surface area contributed by atoms with E-state index in [1.165, 1.54) is 26.0 Å². The fraction of sp³-hybridized carbons (Fsp3) is 0.500. The normalized spacial score (nSPS) is 14.7. The number of ketones is 2. The molecule has 0 saturated carbocycles. The Morgan fingerprint density at radius 3 is 1.89 bits per heavy atom. The Hall–Kier alpha value is -4.16. The SMILES string of the molecule is CC(=O)NCCCCC(NC(C)=O)C(=O)NCCNC(=O)CCN1C(=O)C=CC1=O.O=C1C=CC(=O)C1. The van der Waals surface area contributed by atoms with Crippen LogP contribution in [0.25, 0.3) is 0 Å². The van der Waals surface area contributed by atoms with Crippen molar-refractivity contribution in [2.75, 3.05) is 26.2 Å². The first-order chi connectivity index (χ1) is 17.5. The van der Waals surface area contributed by atoms with E-state index in [1.807, 2.05) is 0 Å². The summed E-state index contributed by atoms with van der Waals surface area (Å²) >= 11 is 0. The lowest BCUT2D eigenvalue weighted by atomic mass is 10.1. The summed E-state index contributed by atoms with van der Waals surface area (Å²) in [5.74, 6) is -2.21. The van der Waals surface area contributed by atoms with Crippen molar-refractivity contribution in [1.82, 2.24) is 26.2 Å². The maximum absolute atomic E-state index is 12.3. The van der Waals surface area contributed by atoms with Gasteiger partial charge in [0.15, 0.2) is 11.6 Å². The molecule has 13 heteroatoms. The van der Waals surface area contributed by atoms with Gasteiger partial charge in [0.1, 0.15) is 6.04 Å². The van der Waals surface area contributed by atoms with E-state index in [-0.39, 0.29) is 67.7 Å². The van der Waals surface area contributed by atoms with E-state index >= 15 is 0 Å². The minimum atomic E-state index is -0.699. The molecule has 37 heavy (non-hydrogen) atoms. The van der Waals surface area contributed by atoms with Gasteiger partial charge >= 0.3 is 0 Å². The first-order valence-electron chi connectivity index (χ1n) is 11.8. The summed E-state index contributed by atoms with van der Waals surface area (Å²) in [6, 6.07) is -0.699. The Bertz CT molecular complexity index is 938. The van der Waals surface area contributed by atoms with Gasteiger partial charge in [-0.15, -0.1) is 0 Å². The number of unbranched alkanes of at least 4 members (excludes halogenated alkanes) is 1. The van der Waals surface area contributed by atoms with Gasteiger partial charge in [0, 0.05) is 58.6 Å². The maximum atomic E-state index is 12.3. The number of rotatable bonds is 13. The molecule has 0 bridgehead atoms. The third-order valence-corrected chi connectivity index (χ3v) is 5.00. The van der Waals surface area contributed by atoms with Crippen LogP contribution in [0.4, 0.5) is 0 Å². The zero-order valence-electron chi connectivity index (χ0n) is 21.0. The van der Waals surface area contributed by atoms with E-state index < -0.39 is 17.9 Å². The summed E-state index contributed by atoms with van der Waals surface area (Å²) in [6.45, 7) is 3.57. The molecular weight excluding hydrogens is 486 g/mol. The van der Waals surface area contributed by atoms with Crippen molar-refractivity contribution in [2.24, 2.45) is 0 Å². The van der Waals surface area contributed by atoms with Crippen LogP contribution in [0.1, 0.15) is 46.0 Å². The lowest BCUT2D eigenvalue weighted by molar-refractivity contribution is -0.137. The number of hydrogen-bond donors (Lipinski definition) is 4. The zero-order valence-corrected chi connectivity index (χ0v) is 21.0. The van der Waals surface area contributed by atoms with Crippen molar-refractivity contribution in [3.8, 4) is 0 Å². The summed E-state index contributed by atoms with van der Waals surface area (Å²) in [4.78, 5) is 90.3. The second-order valence-electron chi connectivity index (χ2n) is 8.23. The Labute approximate surface area is 214 Å². The molecule has 13 nitrogen and oxygen atoms in total. The van der Waals surface area contributed by atoms with Crippen molar-refractivity contribution in [2.45, 2.75) is 52.0 Å². The number of nitrogens with one attached hydrogen (secondary N) is 4. The number of nitrogens with zero attached hydrogens (tertiary/aromatic N) is 1. The average Bonchev–Trinajstić information content (AvgIpc) is 3.36. The number of imide groups is 1. The quantitative estimate of drug-likeness (QED) is 0.128. The highest BCUT2D eigenvalue weighted by Crippen LogP contribution is 2.04. The molecule has 0 fully saturated rings. The summed E-state index contributed by atoms with van der Waals surface area (Å²) in [5.41, 5.74) is 0. The van der Waals surface area contributed by atoms with Gasteiger partial charge in [-0.05, 0) is 31.4 Å². The molecule has 1 heterocycles. The van der Waals surface area contributed by atoms with E-state index in [1.54, 1.807) is 0 Å². The third-order valence-electron chi connectivity index (χ3n) is 5.00. The monoisotopic (exact) mass is 519 g/mol. The molecule has 2 aliphatic rings. The third kappa shape index (κ3) is 13.5. The molecular formula is C24H33N5O8. The molecule has 1 unspecified atom stereocenters. The maximum Gasteiger partial charge on any atom is 0.253 e. The fourth-order valence-electron chi connectivity index (χ4n) is 3.19. The van der Waals surface area contributed by atoms with Gasteiger partial charge in [-0.1, -0.05) is 0 Å². The topological polar surface area (TPSA) is 188 Å². The van der Waals surface area contributed by atoms with Gasteiger partial charge < -0.3 is 21.3 Å². The van der Waals surface area contributed by atoms with E-state index in [0.29, 0.717) is 25.8 Å². The lowest BCUT2D eigenvalue weighted by Crippen LogP contribution is -2.47. The van der Waals surface area contributed by atoms with Crippen molar-refractivity contribution in [3.63, 3.8) is 0 Å². The second kappa shape index (κ2) is 16.5. The number of amides is 6. The van der Waals surface area contributed by atoms with Gasteiger partial charge in [0.05, 0.1) is 6.42 Å². The summed E-state index contributed by atoms with van der Waals surface area (Å²) in [5, 5.41) is 10.5. The standard InChI is InChI=1S/C19H29N5O6.C5H4O2/c1-13(25)20-9-4-3-5-15(23-14(2)26)19(30)22-11-10-21-16(27)8-12-24-17(28)6-7-18(24)29;6-4-1-2-5(7)3-4/h6-7,15H,3-5,8-12H2,1-2H3,(H,20,25)(H,21,27)(H,22,30)(H,23,26);1-2H,3H2. The van der Waals surface area contributed by atoms with Crippen molar-refractivity contribution < 1.29 is 38.4 Å². The Morgan fingerprint density at radius 2 is 1.38 bits per heavy atom. The van der Waals surface area contributed by atoms with Crippen LogP contribution >= 0.6 is 0 Å². The minimum Gasteiger partial charge on any atom is -0.356 e. The Morgan fingerprint density at radius 1 is 0.784 bits per heavy atom. The van der Waals surface area contributed by atoms with Crippen LogP contribution in [0.2, 0.25) is 0 Å². The molecule has 0 aromatic rings. The predicted molar refractivity (Wildman–Crippen MR) is 130 cm³/mol. The van der Waals surface area contributed by atoms with Crippen LogP contribution < -0.4 is 21.3 Å². The van der Waals surface area contributed by atoms with E-state index in [4.69, 9.17) is 0 Å². The highest BCUT2D eigenvalue weighted by Gasteiger charge is 2.23. The van der Waals surface area contributed by atoms with Crippen LogP contribution in [-0.2, 0) is 38.4 Å². The van der Waals surface area contributed by atoms with Crippen LogP contribution in [0, 0.1) is 0 Å². The number of hydrogen-bond acceptors (Lipinski definition) is 8. The van der Waals surface area contributed by atoms with E-state index in [2.05, 4.69) is 21.3 Å². The van der Waals surface area contributed by atoms with E-state index in [9.17, 15) is 38.4 Å². The first kappa shape index (κ1) is 30.9. The van der Waals surface area contributed by atoms with Crippen LogP contribution in [0.5, 0.6) is 0 Å². The van der Waals surface area contributed by atoms with Gasteiger partial charge in [-0.25, -0.2) is 0 Å². The van der Waals surface area contributed by atoms with Crippen molar-refractivity contribution >= 4 is 47.0 Å². The van der Waals surface area contributed by atoms with E-state index in [0.717, 1.165) is 17.1 Å². The predicted octanol–water partition coefficient (Wildman–Crippen LogP) is -1.57. The van der Waals surface area contributed by atoms with Gasteiger partial charge in [-0.3, -0.25) is 43.3 Å². The van der Waals surface area contributed by atoms with Gasteiger partial charge in [-0.2, -0.15) is 0 Å².